The van der Waals surface area contributed by atoms with Crippen molar-refractivity contribution >= 4 is 16.5 Å². The normalized spacial score (nSPS) is 9.87. The monoisotopic (exact) mass is 221 g/mol. The molecule has 0 saturated heterocycles. The highest BCUT2D eigenvalue weighted by atomic mass is 32.1. The molecule has 0 fully saturated rings. The average Bonchev–Trinajstić information content (AvgIpc) is 2.87. The van der Waals surface area contributed by atoms with Crippen molar-refractivity contribution in [2.75, 3.05) is 12.4 Å². The van der Waals surface area contributed by atoms with E-state index in [2.05, 4.69) is 25.6 Å². The van der Waals surface area contributed by atoms with Crippen LogP contribution in [0.3, 0.4) is 0 Å². The van der Waals surface area contributed by atoms with Gasteiger partial charge in [-0.3, -0.25) is 0 Å². The zero-order valence-corrected chi connectivity index (χ0v) is 8.69. The number of rotatable bonds is 3. The Morgan fingerprint density at radius 2 is 2.47 bits per heavy atom. The van der Waals surface area contributed by atoms with Crippen LogP contribution in [0, 0.1) is 11.3 Å². The highest BCUT2D eigenvalue weighted by Gasteiger charge is 2.05. The molecule has 0 aliphatic rings. The van der Waals surface area contributed by atoms with Crippen LogP contribution in [0.1, 0.15) is 10.8 Å². The largest absolute Gasteiger partial charge is 0.363 e. The van der Waals surface area contributed by atoms with E-state index in [1.807, 2.05) is 6.07 Å². The summed E-state index contributed by atoms with van der Waals surface area (Å²) in [7, 11) is 1.79. The second kappa shape index (κ2) is 4.02. The van der Waals surface area contributed by atoms with E-state index in [0.29, 0.717) is 6.54 Å². The summed E-state index contributed by atoms with van der Waals surface area (Å²) < 4.78 is 1.55. The van der Waals surface area contributed by atoms with Crippen molar-refractivity contribution in [2.45, 2.75) is 6.54 Å². The Morgan fingerprint density at radius 3 is 3.07 bits per heavy atom. The molecule has 2 aromatic heterocycles. The summed E-state index contributed by atoms with van der Waals surface area (Å²) in [5, 5.41) is 24.8. The highest BCUT2D eigenvalue weighted by Crippen LogP contribution is 2.14. The fraction of sp³-hybridized carbons (Fsp3) is 0.286. The lowest BCUT2D eigenvalue weighted by Crippen LogP contribution is -2.00. The van der Waals surface area contributed by atoms with Gasteiger partial charge in [0.25, 0.3) is 5.82 Å². The highest BCUT2D eigenvalue weighted by molar-refractivity contribution is 7.15. The van der Waals surface area contributed by atoms with E-state index in [1.165, 1.54) is 17.7 Å². The number of aromatic nitrogens is 5. The maximum atomic E-state index is 8.54. The molecule has 0 saturated carbocycles. The summed E-state index contributed by atoms with van der Waals surface area (Å²) in [5.74, 6) is 0.161. The molecule has 0 radical (unpaired) electrons. The molecular weight excluding hydrogens is 214 g/mol. The van der Waals surface area contributed by atoms with Crippen LogP contribution in [0.2, 0.25) is 0 Å². The molecule has 0 aliphatic heterocycles. The van der Waals surface area contributed by atoms with Crippen LogP contribution in [-0.4, -0.2) is 32.0 Å². The van der Waals surface area contributed by atoms with Crippen LogP contribution >= 0.6 is 11.3 Å². The van der Waals surface area contributed by atoms with Crippen LogP contribution in [0.5, 0.6) is 0 Å². The number of hydrogen-bond acceptors (Lipinski definition) is 7. The molecule has 0 aliphatic carbocycles. The van der Waals surface area contributed by atoms with Gasteiger partial charge in [-0.15, -0.1) is 15.3 Å². The molecule has 0 spiro atoms. The molecule has 7 nitrogen and oxygen atoms in total. The van der Waals surface area contributed by atoms with Gasteiger partial charge in [-0.2, -0.15) is 5.26 Å². The molecule has 0 amide bonds. The summed E-state index contributed by atoms with van der Waals surface area (Å²) in [6.45, 7) is 0.480. The van der Waals surface area contributed by atoms with Crippen LogP contribution in [-0.2, 0) is 6.54 Å². The smallest absolute Gasteiger partial charge is 0.252 e. The van der Waals surface area contributed by atoms with E-state index >= 15 is 0 Å². The molecule has 2 rings (SSSR count). The van der Waals surface area contributed by atoms with Gasteiger partial charge in [-0.25, -0.2) is 9.67 Å². The molecule has 0 atom stereocenters. The van der Waals surface area contributed by atoms with Crippen molar-refractivity contribution < 1.29 is 0 Å². The van der Waals surface area contributed by atoms with Crippen LogP contribution in [0.15, 0.2) is 6.33 Å². The van der Waals surface area contributed by atoms with Gasteiger partial charge in [0, 0.05) is 7.05 Å². The van der Waals surface area contributed by atoms with E-state index < -0.39 is 0 Å². The lowest BCUT2D eigenvalue weighted by atomic mass is 10.7. The molecule has 8 heteroatoms. The van der Waals surface area contributed by atoms with Crippen molar-refractivity contribution in [3.05, 3.63) is 17.2 Å². The minimum absolute atomic E-state index is 0.161. The lowest BCUT2D eigenvalue weighted by Gasteiger charge is -1.92. The van der Waals surface area contributed by atoms with Crippen molar-refractivity contribution in [1.29, 1.82) is 5.26 Å². The Bertz CT molecular complexity index is 493. The van der Waals surface area contributed by atoms with Crippen LogP contribution < -0.4 is 5.32 Å². The predicted molar refractivity (Wildman–Crippen MR) is 53.3 cm³/mol. The molecule has 0 unspecified atom stereocenters. The molecular formula is C7H7N7S. The number of hydrogen-bond donors (Lipinski definition) is 1. The quantitative estimate of drug-likeness (QED) is 0.789. The van der Waals surface area contributed by atoms with Crippen LogP contribution in [0.4, 0.5) is 5.13 Å². The van der Waals surface area contributed by atoms with Gasteiger partial charge in [0.2, 0.25) is 5.13 Å². The van der Waals surface area contributed by atoms with Gasteiger partial charge in [-0.05, 0) is 0 Å². The van der Waals surface area contributed by atoms with Crippen LogP contribution in [0.25, 0.3) is 0 Å². The van der Waals surface area contributed by atoms with E-state index in [1.54, 1.807) is 11.7 Å². The first-order valence-corrected chi connectivity index (χ1v) is 4.93. The second-order valence-corrected chi connectivity index (χ2v) is 3.69. The Hall–Kier alpha value is -2.01. The lowest BCUT2D eigenvalue weighted by molar-refractivity contribution is 0.673. The standard InChI is InChI=1S/C7H7N7S/c1-9-7-12-11-6(15-7)3-14-4-10-5(2-8)13-14/h4H,3H2,1H3,(H,9,12). The van der Waals surface area contributed by atoms with Gasteiger partial charge in [0.15, 0.2) is 0 Å². The Labute approximate surface area is 89.4 Å². The third kappa shape index (κ3) is 2.08. The summed E-state index contributed by atoms with van der Waals surface area (Å²) in [6.07, 6.45) is 1.50. The molecule has 2 aromatic rings. The summed E-state index contributed by atoms with van der Waals surface area (Å²) in [4.78, 5) is 3.79. The van der Waals surface area contributed by atoms with Gasteiger partial charge in [0.1, 0.15) is 17.4 Å². The van der Waals surface area contributed by atoms with E-state index in [-0.39, 0.29) is 5.82 Å². The summed E-state index contributed by atoms with van der Waals surface area (Å²) in [6, 6.07) is 1.86. The SMILES string of the molecule is CNc1nnc(Cn2cnc(C#N)n2)s1. The molecule has 76 valence electrons. The van der Waals surface area contributed by atoms with Crippen molar-refractivity contribution in [2.24, 2.45) is 0 Å². The predicted octanol–water partition coefficient (Wildman–Crippen LogP) is 0.0913. The Balaban J connectivity index is 2.11. The fourth-order valence-electron chi connectivity index (χ4n) is 0.979. The molecule has 0 bridgehead atoms. The van der Waals surface area contributed by atoms with Crippen molar-refractivity contribution in [3.63, 3.8) is 0 Å². The maximum absolute atomic E-state index is 8.54. The summed E-state index contributed by atoms with van der Waals surface area (Å²) in [5.41, 5.74) is 0. The summed E-state index contributed by atoms with van der Waals surface area (Å²) >= 11 is 1.44. The average molecular weight is 221 g/mol. The fourth-order valence-corrected chi connectivity index (χ4v) is 1.66. The number of nitrogens with zero attached hydrogens (tertiary/aromatic N) is 6. The number of anilines is 1. The number of nitriles is 1. The van der Waals surface area contributed by atoms with E-state index in [4.69, 9.17) is 5.26 Å². The minimum atomic E-state index is 0.161. The van der Waals surface area contributed by atoms with Gasteiger partial charge in [-0.1, -0.05) is 11.3 Å². The van der Waals surface area contributed by atoms with Crippen molar-refractivity contribution in [3.8, 4) is 6.07 Å². The maximum Gasteiger partial charge on any atom is 0.252 e. The third-order valence-corrected chi connectivity index (χ3v) is 2.54. The van der Waals surface area contributed by atoms with Gasteiger partial charge in [0.05, 0.1) is 6.54 Å². The Kier molecular flexibility index (Phi) is 2.55. The molecule has 1 N–H and O–H groups in total. The zero-order chi connectivity index (χ0) is 10.7. The second-order valence-electron chi connectivity index (χ2n) is 2.63. The topological polar surface area (TPSA) is 92.3 Å². The third-order valence-electron chi connectivity index (χ3n) is 1.61. The minimum Gasteiger partial charge on any atom is -0.363 e. The first-order chi connectivity index (χ1) is 7.31. The first-order valence-electron chi connectivity index (χ1n) is 4.11. The molecule has 0 aromatic carbocycles. The van der Waals surface area contributed by atoms with Crippen molar-refractivity contribution in [1.82, 2.24) is 25.0 Å². The van der Waals surface area contributed by atoms with Gasteiger partial charge >= 0.3 is 0 Å². The van der Waals surface area contributed by atoms with E-state index in [0.717, 1.165) is 10.1 Å². The van der Waals surface area contributed by atoms with E-state index in [9.17, 15) is 0 Å². The first kappa shape index (κ1) is 9.54. The van der Waals surface area contributed by atoms with Gasteiger partial charge < -0.3 is 5.32 Å². The zero-order valence-electron chi connectivity index (χ0n) is 7.88. The molecule has 2 heterocycles. The number of nitrogens with one attached hydrogen (secondary N) is 1. The Morgan fingerprint density at radius 1 is 1.60 bits per heavy atom. The molecule has 15 heavy (non-hydrogen) atoms.